The molecule has 3 aliphatic heterocycles. The minimum Gasteiger partial charge on any atom is -0.490 e. The number of piperidine rings is 1. The first-order valence-corrected chi connectivity index (χ1v) is 14.0. The van der Waals surface area contributed by atoms with Gasteiger partial charge < -0.3 is 39.3 Å². The van der Waals surface area contributed by atoms with Gasteiger partial charge in [0.15, 0.2) is 6.61 Å². The standard InChI is InChI=1S/C28H32Cl2N2O8/c29-18-1-2-23-17(9-18)12-28(40-23)4-7-31(8-5-28)13-20(34)15-38-24-11-25(39-16-26(35)36)22(30)10-21(24)27(37)32-6-3-19(33)14-32/h1-2,9-11,19-20,33-34H,3-8,12-16H2,(H,35,36)/t19-,20-/m0/s1. The minimum atomic E-state index is -1.18. The molecule has 2 atom stereocenters. The molecule has 0 aliphatic carbocycles. The molecule has 12 heteroatoms. The van der Waals surface area contributed by atoms with Gasteiger partial charge in [-0.15, -0.1) is 0 Å². The number of carboxylic acid groups (broad SMARTS) is 1. The van der Waals surface area contributed by atoms with Crippen molar-refractivity contribution in [2.24, 2.45) is 0 Å². The average Bonchev–Trinajstić information content (AvgIpc) is 3.50. The summed E-state index contributed by atoms with van der Waals surface area (Å²) in [4.78, 5) is 27.8. The number of β-amino-alcohol motifs (C(OH)–C–C–N with tert-alkyl or cyclic N) is 2. The van der Waals surface area contributed by atoms with Crippen molar-refractivity contribution in [2.75, 3.05) is 45.9 Å². The number of benzene rings is 2. The number of carbonyl (C=O) groups is 2. The Hall–Kier alpha value is -2.76. The minimum absolute atomic E-state index is 0.0479. The molecule has 2 aromatic carbocycles. The maximum Gasteiger partial charge on any atom is 0.341 e. The van der Waals surface area contributed by atoms with Gasteiger partial charge in [0.05, 0.1) is 16.7 Å². The molecule has 40 heavy (non-hydrogen) atoms. The van der Waals surface area contributed by atoms with E-state index in [9.17, 15) is 19.8 Å². The molecule has 0 aromatic heterocycles. The summed E-state index contributed by atoms with van der Waals surface area (Å²) >= 11 is 12.4. The summed E-state index contributed by atoms with van der Waals surface area (Å²) < 4.78 is 17.4. The zero-order valence-corrected chi connectivity index (χ0v) is 23.4. The number of hydrogen-bond donors (Lipinski definition) is 3. The molecule has 3 aliphatic rings. The molecule has 10 nitrogen and oxygen atoms in total. The van der Waals surface area contributed by atoms with Crippen molar-refractivity contribution >= 4 is 35.1 Å². The number of carbonyl (C=O) groups excluding carboxylic acids is 1. The molecule has 0 bridgehead atoms. The Morgan fingerprint density at radius 2 is 1.88 bits per heavy atom. The van der Waals surface area contributed by atoms with Crippen LogP contribution in [0.25, 0.3) is 0 Å². The Kier molecular flexibility index (Phi) is 8.63. The van der Waals surface area contributed by atoms with Crippen LogP contribution in [0.1, 0.15) is 35.2 Å². The van der Waals surface area contributed by atoms with Crippen molar-refractivity contribution in [3.05, 3.63) is 51.5 Å². The van der Waals surface area contributed by atoms with Crippen LogP contribution in [-0.2, 0) is 11.2 Å². The lowest BCUT2D eigenvalue weighted by molar-refractivity contribution is -0.139. The largest absolute Gasteiger partial charge is 0.490 e. The third kappa shape index (κ3) is 6.58. The van der Waals surface area contributed by atoms with Crippen molar-refractivity contribution in [2.45, 2.75) is 43.5 Å². The molecule has 2 aromatic rings. The quantitative estimate of drug-likeness (QED) is 0.401. The van der Waals surface area contributed by atoms with Crippen LogP contribution in [0.5, 0.6) is 17.2 Å². The van der Waals surface area contributed by atoms with Crippen LogP contribution in [0.2, 0.25) is 10.0 Å². The number of carboxylic acids is 1. The van der Waals surface area contributed by atoms with Crippen LogP contribution in [-0.4, -0.2) is 101 Å². The molecule has 0 unspecified atom stereocenters. The van der Waals surface area contributed by atoms with E-state index in [2.05, 4.69) is 4.90 Å². The van der Waals surface area contributed by atoms with E-state index in [0.717, 1.165) is 43.7 Å². The molecule has 5 rings (SSSR count). The Labute approximate surface area is 241 Å². The number of aliphatic hydroxyl groups is 2. The highest BCUT2D eigenvalue weighted by Crippen LogP contribution is 2.42. The van der Waals surface area contributed by atoms with Gasteiger partial charge in [0.25, 0.3) is 5.91 Å². The monoisotopic (exact) mass is 594 g/mol. The zero-order valence-electron chi connectivity index (χ0n) is 21.9. The van der Waals surface area contributed by atoms with Gasteiger partial charge in [-0.2, -0.15) is 0 Å². The highest BCUT2D eigenvalue weighted by atomic mass is 35.5. The normalized spacial score (nSPS) is 20.7. The molecule has 3 heterocycles. The fraction of sp³-hybridized carbons (Fsp3) is 0.500. The lowest BCUT2D eigenvalue weighted by Gasteiger charge is -2.39. The van der Waals surface area contributed by atoms with E-state index in [1.807, 2.05) is 18.2 Å². The van der Waals surface area contributed by atoms with Gasteiger partial charge in [-0.25, -0.2) is 4.79 Å². The van der Waals surface area contributed by atoms with E-state index in [0.29, 0.717) is 24.5 Å². The summed E-state index contributed by atoms with van der Waals surface area (Å²) in [5, 5.41) is 30.4. The average molecular weight is 595 g/mol. The Bertz CT molecular complexity index is 1270. The van der Waals surface area contributed by atoms with E-state index < -0.39 is 24.8 Å². The van der Waals surface area contributed by atoms with E-state index in [1.54, 1.807) is 0 Å². The van der Waals surface area contributed by atoms with Crippen molar-refractivity contribution in [3.8, 4) is 17.2 Å². The third-order valence-corrected chi connectivity index (χ3v) is 8.13. The summed E-state index contributed by atoms with van der Waals surface area (Å²) in [6.07, 6.45) is 1.45. The van der Waals surface area contributed by atoms with E-state index in [-0.39, 0.29) is 46.7 Å². The predicted molar refractivity (Wildman–Crippen MR) is 147 cm³/mol. The molecular formula is C28H32Cl2N2O8. The first-order chi connectivity index (χ1) is 19.1. The molecule has 0 saturated carbocycles. The summed E-state index contributed by atoms with van der Waals surface area (Å²) in [6.45, 7) is 1.70. The molecule has 1 amide bonds. The fourth-order valence-corrected chi connectivity index (χ4v) is 5.94. The van der Waals surface area contributed by atoms with Crippen LogP contribution in [0, 0.1) is 0 Å². The van der Waals surface area contributed by atoms with Gasteiger partial charge in [0.1, 0.15) is 35.6 Å². The Balaban J connectivity index is 1.20. The number of likely N-dealkylation sites (tertiary alicyclic amines) is 2. The van der Waals surface area contributed by atoms with Crippen LogP contribution in [0.4, 0.5) is 0 Å². The zero-order chi connectivity index (χ0) is 28.4. The molecule has 1 spiro atoms. The number of halogens is 2. The first kappa shape index (κ1) is 28.8. The van der Waals surface area contributed by atoms with Gasteiger partial charge in [-0.1, -0.05) is 23.2 Å². The van der Waals surface area contributed by atoms with Gasteiger partial charge in [-0.05, 0) is 36.2 Å². The van der Waals surface area contributed by atoms with Crippen molar-refractivity contribution in [1.29, 1.82) is 0 Å². The van der Waals surface area contributed by atoms with Crippen molar-refractivity contribution < 1.29 is 39.1 Å². The van der Waals surface area contributed by atoms with Gasteiger partial charge in [0.2, 0.25) is 0 Å². The van der Waals surface area contributed by atoms with E-state index in [4.69, 9.17) is 42.5 Å². The molecule has 2 fully saturated rings. The summed E-state index contributed by atoms with van der Waals surface area (Å²) in [6, 6.07) is 8.44. The number of aliphatic hydroxyl groups excluding tert-OH is 2. The SMILES string of the molecule is O=C(O)COc1cc(OC[C@@H](O)CN2CCC3(CC2)Cc2cc(Cl)ccc2O3)c(C(=O)N2CC[C@H](O)C2)cc1Cl. The Morgan fingerprint density at radius 3 is 2.58 bits per heavy atom. The molecular weight excluding hydrogens is 563 g/mol. The second-order valence-electron chi connectivity index (χ2n) is 10.6. The van der Waals surface area contributed by atoms with Crippen LogP contribution in [0.15, 0.2) is 30.3 Å². The Morgan fingerprint density at radius 1 is 1.10 bits per heavy atom. The van der Waals surface area contributed by atoms with Gasteiger partial charge in [-0.3, -0.25) is 4.79 Å². The van der Waals surface area contributed by atoms with Gasteiger partial charge >= 0.3 is 5.97 Å². The van der Waals surface area contributed by atoms with Crippen LogP contribution >= 0.6 is 23.2 Å². The number of hydrogen-bond acceptors (Lipinski definition) is 8. The number of amides is 1. The van der Waals surface area contributed by atoms with Crippen LogP contribution in [0.3, 0.4) is 0 Å². The number of nitrogens with zero attached hydrogens (tertiary/aromatic N) is 2. The second-order valence-corrected chi connectivity index (χ2v) is 11.5. The number of ether oxygens (including phenoxy) is 3. The lowest BCUT2D eigenvalue weighted by Crippen LogP contribution is -2.49. The fourth-order valence-electron chi connectivity index (χ4n) is 5.53. The number of aliphatic carboxylic acids is 1. The predicted octanol–water partition coefficient (Wildman–Crippen LogP) is 2.87. The summed E-state index contributed by atoms with van der Waals surface area (Å²) in [5.41, 5.74) is 1.02. The van der Waals surface area contributed by atoms with E-state index >= 15 is 0 Å². The third-order valence-electron chi connectivity index (χ3n) is 7.60. The lowest BCUT2D eigenvalue weighted by atomic mass is 9.87. The highest BCUT2D eigenvalue weighted by Gasteiger charge is 2.42. The maximum absolute atomic E-state index is 13.2. The highest BCUT2D eigenvalue weighted by molar-refractivity contribution is 6.32. The number of fused-ring (bicyclic) bond motifs is 1. The van der Waals surface area contributed by atoms with Crippen LogP contribution < -0.4 is 14.2 Å². The molecule has 0 radical (unpaired) electrons. The smallest absolute Gasteiger partial charge is 0.341 e. The molecule has 3 N–H and O–H groups in total. The first-order valence-electron chi connectivity index (χ1n) is 13.3. The number of rotatable bonds is 9. The molecule has 2 saturated heterocycles. The van der Waals surface area contributed by atoms with Crippen molar-refractivity contribution in [3.63, 3.8) is 0 Å². The van der Waals surface area contributed by atoms with Gasteiger partial charge in [0, 0.05) is 63.1 Å². The molecule has 216 valence electrons. The van der Waals surface area contributed by atoms with E-state index in [1.165, 1.54) is 17.0 Å². The summed E-state index contributed by atoms with van der Waals surface area (Å²) in [5.74, 6) is -0.517. The maximum atomic E-state index is 13.2. The van der Waals surface area contributed by atoms with Crippen molar-refractivity contribution in [1.82, 2.24) is 9.80 Å². The topological polar surface area (TPSA) is 129 Å². The summed E-state index contributed by atoms with van der Waals surface area (Å²) in [7, 11) is 0. The second kappa shape index (κ2) is 12.0.